The summed E-state index contributed by atoms with van der Waals surface area (Å²) in [6, 6.07) is 12.9. The molecule has 0 N–H and O–H groups in total. The van der Waals surface area contributed by atoms with Crippen LogP contribution in [0.5, 0.6) is 0 Å². The molecular weight excluding hydrogens is 550 g/mol. The molecule has 9 heteroatoms. The molecule has 2 atom stereocenters. The van der Waals surface area contributed by atoms with Gasteiger partial charge in [0.25, 0.3) is 0 Å². The molecule has 2 aromatic heterocycles. The third kappa shape index (κ3) is 6.05. The predicted molar refractivity (Wildman–Crippen MR) is 143 cm³/mol. The topological polar surface area (TPSA) is 60.4 Å². The first-order valence-electron chi connectivity index (χ1n) is 10.3. The van der Waals surface area contributed by atoms with Crippen LogP contribution in [0.1, 0.15) is 32.8 Å². The van der Waals surface area contributed by atoms with Crippen molar-refractivity contribution in [3.05, 3.63) is 128 Å². The van der Waals surface area contributed by atoms with Gasteiger partial charge in [-0.1, -0.05) is 82.8 Å². The van der Waals surface area contributed by atoms with Crippen LogP contribution in [-0.4, -0.2) is 8.42 Å². The van der Waals surface area contributed by atoms with Crippen molar-refractivity contribution in [2.75, 3.05) is 0 Å². The Hall–Kier alpha value is -2.41. The summed E-state index contributed by atoms with van der Waals surface area (Å²) in [6.07, 6.45) is 12.5. The van der Waals surface area contributed by atoms with Gasteiger partial charge in [-0.15, -0.1) is 0 Å². The van der Waals surface area contributed by atoms with Crippen LogP contribution >= 0.6 is 46.4 Å². The molecule has 0 aliphatic rings. The second kappa shape index (κ2) is 11.1. The molecule has 2 heterocycles. The molecule has 0 aliphatic carbocycles. The second-order valence-electron chi connectivity index (χ2n) is 7.59. The SMILES string of the molecule is O=S(=O)(C(/C=C/c1ccoc1)c1ccc(Cl)cc1Cl)C(/C=C/c1ccoc1)c1ccc(Cl)cc1Cl. The molecule has 0 amide bonds. The quantitative estimate of drug-likeness (QED) is 0.213. The standard InChI is InChI=1S/C26H18Cl4O4S/c27-19-3-5-21(23(29)13-19)25(7-1-17-9-11-33-15-17)35(31,32)26(8-2-18-10-12-34-16-18)22-6-4-20(28)14-24(22)30/h1-16,25-26H/b7-1+,8-2+. The molecule has 35 heavy (non-hydrogen) atoms. The Morgan fingerprint density at radius 1 is 0.657 bits per heavy atom. The summed E-state index contributed by atoms with van der Waals surface area (Å²) >= 11 is 25.1. The van der Waals surface area contributed by atoms with Crippen LogP contribution in [0.2, 0.25) is 20.1 Å². The molecule has 180 valence electrons. The zero-order chi connectivity index (χ0) is 25.0. The van der Waals surface area contributed by atoms with Gasteiger partial charge in [-0.05, 0) is 47.5 Å². The minimum Gasteiger partial charge on any atom is -0.472 e. The molecule has 2 unspecified atom stereocenters. The number of benzene rings is 2. The van der Waals surface area contributed by atoms with Gasteiger partial charge in [-0.3, -0.25) is 0 Å². The highest BCUT2D eigenvalue weighted by Crippen LogP contribution is 2.42. The average molecular weight is 568 g/mol. The summed E-state index contributed by atoms with van der Waals surface area (Å²) in [4.78, 5) is 0. The van der Waals surface area contributed by atoms with Gasteiger partial charge in [0.05, 0.1) is 25.1 Å². The van der Waals surface area contributed by atoms with Crippen molar-refractivity contribution in [3.63, 3.8) is 0 Å². The molecule has 0 radical (unpaired) electrons. The van der Waals surface area contributed by atoms with Crippen molar-refractivity contribution >= 4 is 68.4 Å². The average Bonchev–Trinajstić information content (AvgIpc) is 3.51. The Labute approximate surface area is 223 Å². The molecule has 0 bridgehead atoms. The summed E-state index contributed by atoms with van der Waals surface area (Å²) in [5, 5.41) is -1.03. The van der Waals surface area contributed by atoms with E-state index < -0.39 is 20.3 Å². The minimum atomic E-state index is -4.04. The van der Waals surface area contributed by atoms with Crippen LogP contribution in [0.3, 0.4) is 0 Å². The summed E-state index contributed by atoms with van der Waals surface area (Å²) in [6.45, 7) is 0. The zero-order valence-electron chi connectivity index (χ0n) is 17.9. The van der Waals surface area contributed by atoms with Crippen molar-refractivity contribution < 1.29 is 17.3 Å². The highest BCUT2D eigenvalue weighted by atomic mass is 35.5. The molecule has 2 aromatic carbocycles. The van der Waals surface area contributed by atoms with E-state index in [1.165, 1.54) is 37.2 Å². The smallest absolute Gasteiger partial charge is 0.171 e. The van der Waals surface area contributed by atoms with Gasteiger partial charge in [0.1, 0.15) is 10.5 Å². The molecule has 0 saturated heterocycles. The number of hydrogen-bond acceptors (Lipinski definition) is 4. The number of hydrogen-bond donors (Lipinski definition) is 0. The van der Waals surface area contributed by atoms with E-state index in [2.05, 4.69) is 0 Å². The van der Waals surface area contributed by atoms with Crippen molar-refractivity contribution in [1.82, 2.24) is 0 Å². The summed E-state index contributed by atoms with van der Waals surface area (Å²) < 4.78 is 38.8. The van der Waals surface area contributed by atoms with Gasteiger partial charge in [0.2, 0.25) is 0 Å². The lowest BCUT2D eigenvalue weighted by molar-refractivity contribution is 0.566. The number of furan rings is 2. The highest BCUT2D eigenvalue weighted by Gasteiger charge is 2.35. The molecular formula is C26H18Cl4O4S. The highest BCUT2D eigenvalue weighted by molar-refractivity contribution is 7.92. The molecule has 0 fully saturated rings. The summed E-state index contributed by atoms with van der Waals surface area (Å²) in [5.41, 5.74) is 2.15. The van der Waals surface area contributed by atoms with Crippen molar-refractivity contribution in [3.8, 4) is 0 Å². The van der Waals surface area contributed by atoms with Gasteiger partial charge < -0.3 is 8.83 Å². The Kier molecular flexibility index (Phi) is 8.15. The van der Waals surface area contributed by atoms with E-state index in [1.54, 1.807) is 60.7 Å². The van der Waals surface area contributed by atoms with Gasteiger partial charge in [0, 0.05) is 31.2 Å². The van der Waals surface area contributed by atoms with Crippen LogP contribution in [0.4, 0.5) is 0 Å². The van der Waals surface area contributed by atoms with Gasteiger partial charge in [-0.2, -0.15) is 0 Å². The van der Waals surface area contributed by atoms with E-state index in [4.69, 9.17) is 55.2 Å². The first-order valence-corrected chi connectivity index (χ1v) is 13.4. The van der Waals surface area contributed by atoms with Crippen LogP contribution in [0, 0.1) is 0 Å². The zero-order valence-corrected chi connectivity index (χ0v) is 21.8. The number of sulfone groups is 1. The Morgan fingerprint density at radius 3 is 1.43 bits per heavy atom. The Balaban J connectivity index is 1.88. The fraction of sp³-hybridized carbons (Fsp3) is 0.0769. The first-order chi connectivity index (χ1) is 16.8. The lowest BCUT2D eigenvalue weighted by atomic mass is 10.1. The fourth-order valence-electron chi connectivity index (χ4n) is 3.54. The summed E-state index contributed by atoms with van der Waals surface area (Å²) in [5.74, 6) is 0. The van der Waals surface area contributed by atoms with E-state index >= 15 is 0 Å². The third-order valence-electron chi connectivity index (χ3n) is 5.26. The van der Waals surface area contributed by atoms with E-state index in [0.29, 0.717) is 32.3 Å². The largest absolute Gasteiger partial charge is 0.472 e. The van der Waals surface area contributed by atoms with Crippen LogP contribution in [0.25, 0.3) is 12.2 Å². The monoisotopic (exact) mass is 566 g/mol. The normalized spacial score (nSPS) is 14.1. The van der Waals surface area contributed by atoms with Gasteiger partial charge in [-0.25, -0.2) is 8.42 Å². The van der Waals surface area contributed by atoms with Crippen molar-refractivity contribution in [1.29, 1.82) is 0 Å². The molecule has 4 rings (SSSR count). The van der Waals surface area contributed by atoms with E-state index in [-0.39, 0.29) is 10.0 Å². The Morgan fingerprint density at radius 2 is 1.09 bits per heavy atom. The molecule has 4 aromatic rings. The predicted octanol–water partition coefficient (Wildman–Crippen LogP) is 9.11. The first kappa shape index (κ1) is 25.7. The van der Waals surface area contributed by atoms with Crippen molar-refractivity contribution in [2.45, 2.75) is 10.5 Å². The molecule has 4 nitrogen and oxygen atoms in total. The molecule has 0 spiro atoms. The second-order valence-corrected chi connectivity index (χ2v) is 11.5. The minimum absolute atomic E-state index is 0.225. The maximum atomic E-state index is 14.3. The van der Waals surface area contributed by atoms with E-state index in [9.17, 15) is 8.42 Å². The van der Waals surface area contributed by atoms with Gasteiger partial charge >= 0.3 is 0 Å². The third-order valence-corrected chi connectivity index (χ3v) is 8.62. The molecule has 0 saturated carbocycles. The number of halogens is 4. The Bertz CT molecular complexity index is 1350. The van der Waals surface area contributed by atoms with Gasteiger partial charge in [0.15, 0.2) is 9.84 Å². The summed E-state index contributed by atoms with van der Waals surface area (Å²) in [7, 11) is -4.04. The van der Waals surface area contributed by atoms with Crippen LogP contribution in [-0.2, 0) is 9.84 Å². The van der Waals surface area contributed by atoms with E-state index in [0.717, 1.165) is 0 Å². The maximum Gasteiger partial charge on any atom is 0.171 e. The maximum absolute atomic E-state index is 14.3. The lowest BCUT2D eigenvalue weighted by Gasteiger charge is -2.23. The van der Waals surface area contributed by atoms with Crippen LogP contribution < -0.4 is 0 Å². The molecule has 0 aliphatic heterocycles. The number of rotatable bonds is 8. The fourth-order valence-corrected chi connectivity index (χ4v) is 6.75. The lowest BCUT2D eigenvalue weighted by Crippen LogP contribution is -2.19. The van der Waals surface area contributed by atoms with E-state index in [1.807, 2.05) is 0 Å². The van der Waals surface area contributed by atoms with Crippen molar-refractivity contribution in [2.24, 2.45) is 0 Å². The van der Waals surface area contributed by atoms with Crippen LogP contribution in [0.15, 0.2) is 94.6 Å².